The monoisotopic (exact) mass is 311 g/mol. The molecule has 0 radical (unpaired) electrons. The average molecular weight is 312 g/mol. The first-order valence-electron chi connectivity index (χ1n) is 5.22. The van der Waals surface area contributed by atoms with E-state index in [9.17, 15) is 10.1 Å². The van der Waals surface area contributed by atoms with E-state index in [2.05, 4.69) is 26.2 Å². The number of anilines is 1. The Balaban J connectivity index is 2.06. The third kappa shape index (κ3) is 2.86. The molecule has 6 nitrogen and oxygen atoms in total. The molecule has 2 heterocycles. The predicted octanol–water partition coefficient (Wildman–Crippen LogP) is 3.00. The zero-order valence-electron chi connectivity index (χ0n) is 9.30. The highest BCUT2D eigenvalue weighted by Gasteiger charge is 2.16. The lowest BCUT2D eigenvalue weighted by atomic mass is 10.3. The average Bonchev–Trinajstić information content (AvgIpc) is 2.84. The molecule has 0 saturated carbocycles. The number of pyridine rings is 1. The van der Waals surface area contributed by atoms with E-state index in [-0.39, 0.29) is 5.69 Å². The SMILES string of the molecule is O=[N+]([O-])c1cncc(Br)c1NCCc1ccco1. The standard InChI is InChI=1S/C11H10BrN3O3/c12-9-6-13-7-10(15(16)17)11(9)14-4-3-8-2-1-5-18-8/h1-2,5-7H,3-4H2,(H,13,14). The fourth-order valence-corrected chi connectivity index (χ4v) is 1.97. The predicted molar refractivity (Wildman–Crippen MR) is 69.5 cm³/mol. The minimum atomic E-state index is -0.465. The summed E-state index contributed by atoms with van der Waals surface area (Å²) < 4.78 is 5.75. The van der Waals surface area contributed by atoms with Gasteiger partial charge in [-0.05, 0) is 28.1 Å². The van der Waals surface area contributed by atoms with Gasteiger partial charge in [-0.25, -0.2) is 0 Å². The highest BCUT2D eigenvalue weighted by atomic mass is 79.9. The van der Waals surface area contributed by atoms with Crippen molar-refractivity contribution in [3.63, 3.8) is 0 Å². The van der Waals surface area contributed by atoms with Crippen LogP contribution in [0, 0.1) is 10.1 Å². The lowest BCUT2D eigenvalue weighted by Crippen LogP contribution is -2.07. The van der Waals surface area contributed by atoms with Crippen molar-refractivity contribution in [1.82, 2.24) is 4.98 Å². The molecule has 0 aliphatic heterocycles. The molecular formula is C11H10BrN3O3. The van der Waals surface area contributed by atoms with Gasteiger partial charge in [-0.1, -0.05) is 0 Å². The van der Waals surface area contributed by atoms with Crippen molar-refractivity contribution in [3.8, 4) is 0 Å². The van der Waals surface area contributed by atoms with Crippen molar-refractivity contribution >= 4 is 27.3 Å². The molecule has 0 spiro atoms. The number of rotatable bonds is 5. The number of furan rings is 1. The van der Waals surface area contributed by atoms with Crippen LogP contribution >= 0.6 is 15.9 Å². The van der Waals surface area contributed by atoms with Crippen LogP contribution in [0.4, 0.5) is 11.4 Å². The van der Waals surface area contributed by atoms with Gasteiger partial charge in [0.15, 0.2) is 0 Å². The second-order valence-electron chi connectivity index (χ2n) is 3.53. The van der Waals surface area contributed by atoms with Crippen LogP contribution in [0.25, 0.3) is 0 Å². The van der Waals surface area contributed by atoms with Crippen LogP contribution in [0.1, 0.15) is 5.76 Å². The molecule has 0 amide bonds. The summed E-state index contributed by atoms with van der Waals surface area (Å²) in [5.41, 5.74) is 0.380. The smallest absolute Gasteiger partial charge is 0.311 e. The van der Waals surface area contributed by atoms with Gasteiger partial charge in [-0.3, -0.25) is 15.1 Å². The second-order valence-corrected chi connectivity index (χ2v) is 4.38. The maximum atomic E-state index is 10.9. The lowest BCUT2D eigenvalue weighted by Gasteiger charge is -2.07. The number of nitrogens with zero attached hydrogens (tertiary/aromatic N) is 2. The van der Waals surface area contributed by atoms with E-state index < -0.39 is 4.92 Å². The van der Waals surface area contributed by atoms with Crippen LogP contribution < -0.4 is 5.32 Å². The van der Waals surface area contributed by atoms with Gasteiger partial charge in [0.1, 0.15) is 17.6 Å². The molecule has 0 fully saturated rings. The second kappa shape index (κ2) is 5.63. The first-order valence-corrected chi connectivity index (χ1v) is 6.02. The van der Waals surface area contributed by atoms with Crippen molar-refractivity contribution in [2.24, 2.45) is 0 Å². The van der Waals surface area contributed by atoms with Crippen LogP contribution in [-0.2, 0) is 6.42 Å². The number of nitro groups is 1. The van der Waals surface area contributed by atoms with Crippen LogP contribution in [0.3, 0.4) is 0 Å². The lowest BCUT2D eigenvalue weighted by molar-refractivity contribution is -0.384. The summed E-state index contributed by atoms with van der Waals surface area (Å²) in [6, 6.07) is 3.66. The molecule has 0 bridgehead atoms. The van der Waals surface area contributed by atoms with Crippen molar-refractivity contribution < 1.29 is 9.34 Å². The topological polar surface area (TPSA) is 81.2 Å². The third-order valence-electron chi connectivity index (χ3n) is 2.33. The number of nitrogens with one attached hydrogen (secondary N) is 1. The third-order valence-corrected chi connectivity index (χ3v) is 2.93. The molecule has 2 aromatic rings. The minimum Gasteiger partial charge on any atom is -0.469 e. The Kier molecular flexibility index (Phi) is 3.93. The summed E-state index contributed by atoms with van der Waals surface area (Å²) in [6.45, 7) is 0.539. The Bertz CT molecular complexity index is 542. The van der Waals surface area contributed by atoms with Gasteiger partial charge in [0.2, 0.25) is 0 Å². The quantitative estimate of drug-likeness (QED) is 0.678. The highest BCUT2D eigenvalue weighted by molar-refractivity contribution is 9.10. The van der Waals surface area contributed by atoms with Gasteiger partial charge in [-0.2, -0.15) is 0 Å². The molecule has 7 heteroatoms. The normalized spacial score (nSPS) is 10.3. The summed E-state index contributed by atoms with van der Waals surface area (Å²) in [5, 5.41) is 13.9. The summed E-state index contributed by atoms with van der Waals surface area (Å²) in [7, 11) is 0. The van der Waals surface area contributed by atoms with Crippen molar-refractivity contribution in [3.05, 3.63) is 51.1 Å². The van der Waals surface area contributed by atoms with Crippen LogP contribution in [-0.4, -0.2) is 16.5 Å². The number of hydrogen-bond acceptors (Lipinski definition) is 5. The summed E-state index contributed by atoms with van der Waals surface area (Å²) in [5.74, 6) is 0.829. The van der Waals surface area contributed by atoms with E-state index in [0.29, 0.717) is 23.1 Å². The Hall–Kier alpha value is -1.89. The Morgan fingerprint density at radius 1 is 1.50 bits per heavy atom. The van der Waals surface area contributed by atoms with Gasteiger partial charge >= 0.3 is 5.69 Å². The molecule has 0 aromatic carbocycles. The van der Waals surface area contributed by atoms with Crippen molar-refractivity contribution in [2.45, 2.75) is 6.42 Å². The number of halogens is 1. The number of aromatic nitrogens is 1. The zero-order chi connectivity index (χ0) is 13.0. The van der Waals surface area contributed by atoms with Crippen molar-refractivity contribution in [1.29, 1.82) is 0 Å². The Morgan fingerprint density at radius 2 is 2.33 bits per heavy atom. The molecule has 0 aliphatic carbocycles. The fraction of sp³-hybridized carbons (Fsp3) is 0.182. The van der Waals surface area contributed by atoms with Gasteiger partial charge in [0.05, 0.1) is 15.7 Å². The first kappa shape index (κ1) is 12.6. The largest absolute Gasteiger partial charge is 0.469 e. The molecule has 1 N–H and O–H groups in total. The van der Waals surface area contributed by atoms with Crippen molar-refractivity contribution in [2.75, 3.05) is 11.9 Å². The van der Waals surface area contributed by atoms with E-state index in [0.717, 1.165) is 5.76 Å². The van der Waals surface area contributed by atoms with E-state index in [4.69, 9.17) is 4.42 Å². The molecular weight excluding hydrogens is 302 g/mol. The first-order chi connectivity index (χ1) is 8.68. The molecule has 18 heavy (non-hydrogen) atoms. The Morgan fingerprint density at radius 3 is 3.00 bits per heavy atom. The summed E-state index contributed by atoms with van der Waals surface area (Å²) >= 11 is 3.24. The van der Waals surface area contributed by atoms with Gasteiger partial charge in [0.25, 0.3) is 0 Å². The van der Waals surface area contributed by atoms with Crippen LogP contribution in [0.5, 0.6) is 0 Å². The van der Waals surface area contributed by atoms with Gasteiger partial charge in [0, 0.05) is 19.2 Å². The Labute approximate surface area is 111 Å². The van der Waals surface area contributed by atoms with Crippen LogP contribution in [0.15, 0.2) is 39.7 Å². The van der Waals surface area contributed by atoms with Gasteiger partial charge in [-0.15, -0.1) is 0 Å². The molecule has 94 valence electrons. The van der Waals surface area contributed by atoms with Gasteiger partial charge < -0.3 is 9.73 Å². The van der Waals surface area contributed by atoms with E-state index in [1.165, 1.54) is 12.4 Å². The maximum absolute atomic E-state index is 10.9. The molecule has 0 unspecified atom stereocenters. The summed E-state index contributed by atoms with van der Waals surface area (Å²) in [4.78, 5) is 14.2. The maximum Gasteiger partial charge on any atom is 0.311 e. The molecule has 0 atom stereocenters. The highest BCUT2D eigenvalue weighted by Crippen LogP contribution is 2.30. The van der Waals surface area contributed by atoms with E-state index >= 15 is 0 Å². The van der Waals surface area contributed by atoms with Crippen LogP contribution in [0.2, 0.25) is 0 Å². The summed E-state index contributed by atoms with van der Waals surface area (Å²) in [6.07, 6.45) is 4.99. The molecule has 0 aliphatic rings. The molecule has 2 rings (SSSR count). The molecule has 2 aromatic heterocycles. The molecule has 0 saturated heterocycles. The minimum absolute atomic E-state index is 0.0520. The van der Waals surface area contributed by atoms with E-state index in [1.54, 1.807) is 12.3 Å². The zero-order valence-corrected chi connectivity index (χ0v) is 10.9. The fourth-order valence-electron chi connectivity index (χ4n) is 1.50. The number of hydrogen-bond donors (Lipinski definition) is 1. The van der Waals surface area contributed by atoms with E-state index in [1.807, 2.05) is 6.07 Å².